The maximum absolute atomic E-state index is 4.85. The lowest BCUT2D eigenvalue weighted by atomic mass is 10.1. The van der Waals surface area contributed by atoms with Crippen LogP contribution in [-0.2, 0) is 0 Å². The minimum atomic E-state index is 0.453. The lowest BCUT2D eigenvalue weighted by Gasteiger charge is -2.29. The number of para-hydroxylation sites is 2. The summed E-state index contributed by atoms with van der Waals surface area (Å²) in [7, 11) is 0. The molecule has 0 radical (unpaired) electrons. The maximum atomic E-state index is 4.85. The smallest absolute Gasteiger partial charge is 0.206 e. The van der Waals surface area contributed by atoms with Crippen molar-refractivity contribution in [2.75, 3.05) is 18.0 Å². The first kappa shape index (κ1) is 11.6. The second kappa shape index (κ2) is 4.63. The molecule has 3 nitrogen and oxygen atoms in total. The number of aromatic nitrogens is 2. The van der Waals surface area contributed by atoms with Gasteiger partial charge in [0.2, 0.25) is 5.95 Å². The zero-order valence-corrected chi connectivity index (χ0v) is 11.3. The molecule has 0 saturated carbocycles. The van der Waals surface area contributed by atoms with Crippen molar-refractivity contribution in [3.63, 3.8) is 0 Å². The largest absolute Gasteiger partial charge is 0.342 e. The SMILES string of the molecule is CC(C)n1c(N2CCCCC2)nc2ccccc21. The van der Waals surface area contributed by atoms with Gasteiger partial charge in [0, 0.05) is 19.1 Å². The van der Waals surface area contributed by atoms with E-state index in [9.17, 15) is 0 Å². The van der Waals surface area contributed by atoms with Gasteiger partial charge in [-0.3, -0.25) is 0 Å². The van der Waals surface area contributed by atoms with E-state index in [0.29, 0.717) is 6.04 Å². The highest BCUT2D eigenvalue weighted by atomic mass is 15.3. The van der Waals surface area contributed by atoms with Gasteiger partial charge in [-0.1, -0.05) is 12.1 Å². The molecule has 1 fully saturated rings. The molecule has 0 unspecified atom stereocenters. The van der Waals surface area contributed by atoms with Crippen molar-refractivity contribution >= 4 is 17.0 Å². The van der Waals surface area contributed by atoms with Crippen molar-refractivity contribution < 1.29 is 0 Å². The van der Waals surface area contributed by atoms with E-state index in [1.807, 2.05) is 0 Å². The molecule has 1 saturated heterocycles. The van der Waals surface area contributed by atoms with Gasteiger partial charge < -0.3 is 9.47 Å². The molecule has 1 aromatic carbocycles. The molecule has 0 bridgehead atoms. The first-order chi connectivity index (χ1) is 8.77. The Morgan fingerprint density at radius 1 is 1.06 bits per heavy atom. The van der Waals surface area contributed by atoms with Gasteiger partial charge in [-0.15, -0.1) is 0 Å². The highest BCUT2D eigenvalue weighted by Gasteiger charge is 2.20. The summed E-state index contributed by atoms with van der Waals surface area (Å²) in [5.41, 5.74) is 2.37. The summed E-state index contributed by atoms with van der Waals surface area (Å²) in [5, 5.41) is 0. The lowest BCUT2D eigenvalue weighted by molar-refractivity contribution is 0.539. The van der Waals surface area contributed by atoms with E-state index in [-0.39, 0.29) is 0 Å². The molecule has 0 atom stereocenters. The van der Waals surface area contributed by atoms with Gasteiger partial charge in [-0.05, 0) is 45.2 Å². The van der Waals surface area contributed by atoms with Crippen LogP contribution in [0.3, 0.4) is 0 Å². The van der Waals surface area contributed by atoms with Gasteiger partial charge in [0.05, 0.1) is 11.0 Å². The normalized spacial score (nSPS) is 16.7. The monoisotopic (exact) mass is 243 g/mol. The van der Waals surface area contributed by atoms with Crippen LogP contribution < -0.4 is 4.90 Å². The highest BCUT2D eigenvalue weighted by molar-refractivity contribution is 5.79. The molecule has 3 rings (SSSR count). The summed E-state index contributed by atoms with van der Waals surface area (Å²) in [4.78, 5) is 7.29. The number of hydrogen-bond donors (Lipinski definition) is 0. The Labute approximate surface area is 108 Å². The van der Waals surface area contributed by atoms with Crippen LogP contribution in [-0.4, -0.2) is 22.6 Å². The van der Waals surface area contributed by atoms with E-state index >= 15 is 0 Å². The number of rotatable bonds is 2. The zero-order chi connectivity index (χ0) is 12.5. The molecule has 18 heavy (non-hydrogen) atoms. The van der Waals surface area contributed by atoms with Gasteiger partial charge in [-0.25, -0.2) is 4.98 Å². The van der Waals surface area contributed by atoms with Gasteiger partial charge in [-0.2, -0.15) is 0 Å². The molecular weight excluding hydrogens is 222 g/mol. The molecule has 3 heteroatoms. The second-order valence-corrected chi connectivity index (χ2v) is 5.41. The van der Waals surface area contributed by atoms with Gasteiger partial charge in [0.25, 0.3) is 0 Å². The van der Waals surface area contributed by atoms with Crippen LogP contribution in [0.5, 0.6) is 0 Å². The summed E-state index contributed by atoms with van der Waals surface area (Å²) in [6.07, 6.45) is 3.95. The third-order valence-electron chi connectivity index (χ3n) is 3.73. The highest BCUT2D eigenvalue weighted by Crippen LogP contribution is 2.28. The fourth-order valence-electron chi connectivity index (χ4n) is 2.86. The summed E-state index contributed by atoms with van der Waals surface area (Å²) < 4.78 is 2.38. The molecule has 2 aromatic rings. The van der Waals surface area contributed by atoms with Gasteiger partial charge in [0.1, 0.15) is 0 Å². The molecular formula is C15H21N3. The predicted molar refractivity (Wildman–Crippen MR) is 76.2 cm³/mol. The van der Waals surface area contributed by atoms with Crippen LogP contribution in [0.15, 0.2) is 24.3 Å². The van der Waals surface area contributed by atoms with Crippen molar-refractivity contribution in [1.29, 1.82) is 0 Å². The molecule has 96 valence electrons. The molecule has 0 aliphatic carbocycles. The van der Waals surface area contributed by atoms with Crippen molar-refractivity contribution in [3.8, 4) is 0 Å². The topological polar surface area (TPSA) is 21.1 Å². The third kappa shape index (κ3) is 1.88. The Balaban J connectivity index is 2.11. The standard InChI is InChI=1S/C15H21N3/c1-12(2)18-14-9-5-4-8-13(14)16-15(18)17-10-6-3-7-11-17/h4-5,8-9,12H,3,6-7,10-11H2,1-2H3. The number of imidazole rings is 1. The van der Waals surface area contributed by atoms with Crippen LogP contribution >= 0.6 is 0 Å². The Bertz CT molecular complexity index is 536. The van der Waals surface area contributed by atoms with Crippen molar-refractivity contribution in [2.45, 2.75) is 39.2 Å². The molecule has 1 aromatic heterocycles. The molecule has 0 N–H and O–H groups in total. The van der Waals surface area contributed by atoms with Gasteiger partial charge in [0.15, 0.2) is 0 Å². The van der Waals surface area contributed by atoms with Crippen molar-refractivity contribution in [3.05, 3.63) is 24.3 Å². The summed E-state index contributed by atoms with van der Waals surface area (Å²) in [5.74, 6) is 1.16. The Morgan fingerprint density at radius 3 is 2.50 bits per heavy atom. The fourth-order valence-corrected chi connectivity index (χ4v) is 2.86. The van der Waals surface area contributed by atoms with Crippen molar-refractivity contribution in [2.24, 2.45) is 0 Å². The number of piperidine rings is 1. The van der Waals surface area contributed by atoms with Crippen LogP contribution in [0, 0.1) is 0 Å². The summed E-state index contributed by atoms with van der Waals surface area (Å²) in [6, 6.07) is 8.91. The Hall–Kier alpha value is -1.51. The van der Waals surface area contributed by atoms with E-state index in [2.05, 4.69) is 47.6 Å². The first-order valence-electron chi connectivity index (χ1n) is 6.99. The number of nitrogens with zero attached hydrogens (tertiary/aromatic N) is 3. The molecule has 0 amide bonds. The minimum Gasteiger partial charge on any atom is -0.342 e. The zero-order valence-electron chi connectivity index (χ0n) is 11.3. The molecule has 1 aliphatic rings. The first-order valence-corrected chi connectivity index (χ1v) is 6.99. The maximum Gasteiger partial charge on any atom is 0.206 e. The fraction of sp³-hybridized carbons (Fsp3) is 0.533. The molecule has 0 spiro atoms. The number of fused-ring (bicyclic) bond motifs is 1. The number of anilines is 1. The van der Waals surface area contributed by atoms with Crippen LogP contribution in [0.1, 0.15) is 39.2 Å². The Kier molecular flexibility index (Phi) is 2.98. The summed E-state index contributed by atoms with van der Waals surface area (Å²) in [6.45, 7) is 6.77. The van der Waals surface area contributed by atoms with Crippen molar-refractivity contribution in [1.82, 2.24) is 9.55 Å². The van der Waals surface area contributed by atoms with E-state index in [1.54, 1.807) is 0 Å². The van der Waals surface area contributed by atoms with E-state index in [1.165, 1.54) is 24.8 Å². The third-order valence-corrected chi connectivity index (χ3v) is 3.73. The van der Waals surface area contributed by atoms with Crippen LogP contribution in [0.4, 0.5) is 5.95 Å². The number of benzene rings is 1. The van der Waals surface area contributed by atoms with Crippen LogP contribution in [0.2, 0.25) is 0 Å². The van der Waals surface area contributed by atoms with E-state index < -0.39 is 0 Å². The second-order valence-electron chi connectivity index (χ2n) is 5.41. The lowest BCUT2D eigenvalue weighted by Crippen LogP contribution is -2.32. The predicted octanol–water partition coefficient (Wildman–Crippen LogP) is 3.61. The van der Waals surface area contributed by atoms with E-state index in [4.69, 9.17) is 4.98 Å². The van der Waals surface area contributed by atoms with Crippen LogP contribution in [0.25, 0.3) is 11.0 Å². The Morgan fingerprint density at radius 2 is 1.78 bits per heavy atom. The minimum absolute atomic E-state index is 0.453. The van der Waals surface area contributed by atoms with Gasteiger partial charge >= 0.3 is 0 Å². The number of hydrogen-bond acceptors (Lipinski definition) is 2. The molecule has 1 aliphatic heterocycles. The average molecular weight is 243 g/mol. The average Bonchev–Trinajstić information content (AvgIpc) is 2.79. The van der Waals surface area contributed by atoms with E-state index in [0.717, 1.165) is 24.6 Å². The molecule has 2 heterocycles. The summed E-state index contributed by atoms with van der Waals surface area (Å²) >= 11 is 0. The quantitative estimate of drug-likeness (QED) is 0.803.